The van der Waals surface area contributed by atoms with Crippen molar-refractivity contribution in [3.8, 4) is 0 Å². The van der Waals surface area contributed by atoms with Gasteiger partial charge in [-0.1, -0.05) is 82.7 Å². The smallest absolute Gasteiger partial charge is 0.274 e. The molecule has 1 saturated heterocycles. The summed E-state index contributed by atoms with van der Waals surface area (Å²) >= 11 is 3.50. The molecule has 0 aromatic heterocycles. The van der Waals surface area contributed by atoms with Crippen molar-refractivity contribution in [3.05, 3.63) is 134 Å². The number of nitro benzene ring substituents is 1. The van der Waals surface area contributed by atoms with Crippen LogP contribution >= 0.6 is 15.9 Å². The van der Waals surface area contributed by atoms with E-state index in [1.165, 1.54) is 18.2 Å². The molecule has 4 aliphatic rings. The molecule has 190 valence electrons. The number of hydrogen-bond donors (Lipinski definition) is 0. The second kappa shape index (κ2) is 8.54. The Labute approximate surface area is 232 Å². The third-order valence-electron chi connectivity index (χ3n) is 8.23. The Morgan fingerprint density at radius 1 is 0.846 bits per heavy atom. The monoisotopic (exact) mass is 577 g/mol. The summed E-state index contributed by atoms with van der Waals surface area (Å²) in [5, 5.41) is 11.9. The fraction of sp³-hybridized carbons (Fsp3) is 0.129. The van der Waals surface area contributed by atoms with Crippen LogP contribution in [0.1, 0.15) is 28.2 Å². The standard InChI is InChI=1S/C31H20BrN3O4/c32-18-8-7-9-19(16-18)33-17-31-22-12-3-1-10-20(22)26(21-11-2-4-13-23(21)31)27-28(31)30(37)34(29(27)36)24-14-5-6-15-25(24)35(38)39/h1-17,26-28H/t26?,27-,28-,31?/m0/s1. The first-order chi connectivity index (χ1) is 18.9. The third-order valence-corrected chi connectivity index (χ3v) is 8.72. The Hall–Kier alpha value is -4.43. The van der Waals surface area contributed by atoms with E-state index in [0.717, 1.165) is 31.6 Å². The van der Waals surface area contributed by atoms with Gasteiger partial charge in [-0.3, -0.25) is 24.7 Å². The summed E-state index contributed by atoms with van der Waals surface area (Å²) in [5.74, 6) is -2.76. The molecule has 2 atom stereocenters. The largest absolute Gasteiger partial charge is 0.293 e. The molecule has 4 aromatic rings. The number of nitro groups is 1. The van der Waals surface area contributed by atoms with Gasteiger partial charge in [-0.05, 0) is 46.5 Å². The zero-order valence-electron chi connectivity index (χ0n) is 20.4. The van der Waals surface area contributed by atoms with Gasteiger partial charge in [0.25, 0.3) is 5.69 Å². The summed E-state index contributed by atoms with van der Waals surface area (Å²) in [6, 6.07) is 29.3. The van der Waals surface area contributed by atoms with Gasteiger partial charge in [0.15, 0.2) is 0 Å². The number of hydrogen-bond acceptors (Lipinski definition) is 5. The second-order valence-corrected chi connectivity index (χ2v) is 10.9. The maximum atomic E-state index is 14.4. The van der Waals surface area contributed by atoms with Crippen molar-refractivity contribution in [2.24, 2.45) is 16.8 Å². The van der Waals surface area contributed by atoms with E-state index in [1.54, 1.807) is 6.07 Å². The number of benzene rings is 4. The van der Waals surface area contributed by atoms with E-state index in [1.807, 2.05) is 79.0 Å². The molecule has 0 radical (unpaired) electrons. The maximum absolute atomic E-state index is 14.4. The maximum Gasteiger partial charge on any atom is 0.293 e. The van der Waals surface area contributed by atoms with Gasteiger partial charge in [-0.15, -0.1) is 0 Å². The number of imide groups is 1. The van der Waals surface area contributed by atoms with Crippen molar-refractivity contribution in [1.29, 1.82) is 0 Å². The van der Waals surface area contributed by atoms with E-state index in [0.29, 0.717) is 5.69 Å². The predicted octanol–water partition coefficient (Wildman–Crippen LogP) is 6.31. The lowest BCUT2D eigenvalue weighted by Gasteiger charge is -2.52. The molecule has 0 unspecified atom stereocenters. The molecule has 39 heavy (non-hydrogen) atoms. The number of aliphatic imine (C=N–C) groups is 1. The molecular formula is C31H20BrN3O4. The number of carbonyl (C=O) groups excluding carboxylic acids is 2. The fourth-order valence-electron chi connectivity index (χ4n) is 6.83. The Balaban J connectivity index is 1.51. The number of anilines is 1. The van der Waals surface area contributed by atoms with Crippen molar-refractivity contribution in [2.45, 2.75) is 11.3 Å². The van der Waals surface area contributed by atoms with Crippen LogP contribution in [-0.2, 0) is 15.0 Å². The lowest BCUT2D eigenvalue weighted by atomic mass is 9.47. The minimum absolute atomic E-state index is 0.00140. The summed E-state index contributed by atoms with van der Waals surface area (Å²) in [5.41, 5.74) is 3.19. The van der Waals surface area contributed by atoms with Gasteiger partial charge in [0.05, 0.1) is 27.9 Å². The molecule has 8 rings (SSSR count). The van der Waals surface area contributed by atoms with Crippen LogP contribution in [0.15, 0.2) is 107 Å². The first-order valence-corrected chi connectivity index (χ1v) is 13.3. The minimum Gasteiger partial charge on any atom is -0.274 e. The highest BCUT2D eigenvalue weighted by Gasteiger charge is 2.68. The molecule has 4 aromatic carbocycles. The van der Waals surface area contributed by atoms with Crippen LogP contribution in [0.3, 0.4) is 0 Å². The number of para-hydroxylation sites is 2. The average molecular weight is 578 g/mol. The Morgan fingerprint density at radius 2 is 1.49 bits per heavy atom. The summed E-state index contributed by atoms with van der Waals surface area (Å²) in [6.45, 7) is 0. The first-order valence-electron chi connectivity index (χ1n) is 12.5. The first kappa shape index (κ1) is 23.7. The van der Waals surface area contributed by atoms with Crippen LogP contribution in [0.2, 0.25) is 0 Å². The third kappa shape index (κ3) is 3.18. The van der Waals surface area contributed by atoms with Gasteiger partial charge in [-0.2, -0.15) is 0 Å². The highest BCUT2D eigenvalue weighted by Crippen LogP contribution is 2.64. The summed E-state index contributed by atoms with van der Waals surface area (Å²) in [4.78, 5) is 45.9. The van der Waals surface area contributed by atoms with Crippen LogP contribution in [0.25, 0.3) is 0 Å². The summed E-state index contributed by atoms with van der Waals surface area (Å²) in [6.07, 6.45) is 1.81. The molecule has 1 fully saturated rings. The quantitative estimate of drug-likeness (QED) is 0.123. The topological polar surface area (TPSA) is 92.9 Å². The van der Waals surface area contributed by atoms with Crippen molar-refractivity contribution >= 4 is 51.0 Å². The zero-order valence-corrected chi connectivity index (χ0v) is 22.0. The summed E-state index contributed by atoms with van der Waals surface area (Å²) in [7, 11) is 0. The Kier molecular flexibility index (Phi) is 5.18. The van der Waals surface area contributed by atoms with Gasteiger partial charge in [-0.25, -0.2) is 4.90 Å². The molecule has 3 aliphatic carbocycles. The molecular weight excluding hydrogens is 558 g/mol. The van der Waals surface area contributed by atoms with E-state index in [4.69, 9.17) is 4.99 Å². The van der Waals surface area contributed by atoms with Crippen molar-refractivity contribution < 1.29 is 14.5 Å². The Morgan fingerprint density at radius 3 is 2.15 bits per heavy atom. The molecule has 1 aliphatic heterocycles. The minimum atomic E-state index is -1.04. The van der Waals surface area contributed by atoms with E-state index in [9.17, 15) is 19.7 Å². The molecule has 0 spiro atoms. The lowest BCUT2D eigenvalue weighted by molar-refractivity contribution is -0.384. The van der Waals surface area contributed by atoms with E-state index < -0.39 is 34.0 Å². The number of carbonyl (C=O) groups is 2. The van der Waals surface area contributed by atoms with Crippen LogP contribution in [0.4, 0.5) is 17.1 Å². The number of nitrogens with zero attached hydrogens (tertiary/aromatic N) is 3. The van der Waals surface area contributed by atoms with E-state index in [2.05, 4.69) is 15.9 Å². The molecule has 2 amide bonds. The number of rotatable bonds is 4. The Bertz CT molecular complexity index is 1700. The van der Waals surface area contributed by atoms with Crippen LogP contribution in [-0.4, -0.2) is 23.0 Å². The molecule has 0 N–H and O–H groups in total. The zero-order chi connectivity index (χ0) is 26.9. The summed E-state index contributed by atoms with van der Waals surface area (Å²) < 4.78 is 0.871. The lowest BCUT2D eigenvalue weighted by Crippen LogP contribution is -2.54. The van der Waals surface area contributed by atoms with Gasteiger partial charge in [0.1, 0.15) is 5.69 Å². The molecule has 0 saturated carbocycles. The highest BCUT2D eigenvalue weighted by atomic mass is 79.9. The van der Waals surface area contributed by atoms with Crippen LogP contribution in [0.5, 0.6) is 0 Å². The second-order valence-electron chi connectivity index (χ2n) is 10.0. The van der Waals surface area contributed by atoms with Gasteiger partial charge in [0, 0.05) is 22.7 Å². The molecule has 8 heteroatoms. The van der Waals surface area contributed by atoms with Crippen molar-refractivity contribution in [2.75, 3.05) is 4.90 Å². The SMILES string of the molecule is O=C1[C@@H]2[C@@H](C(=O)N1c1ccccc1[N+](=O)[O-])C1c3ccccc3C2(C=Nc2cccc(Br)c2)c2ccccc21. The predicted molar refractivity (Wildman–Crippen MR) is 150 cm³/mol. The van der Waals surface area contributed by atoms with Crippen LogP contribution in [0, 0.1) is 22.0 Å². The molecule has 2 bridgehead atoms. The average Bonchev–Trinajstić information content (AvgIpc) is 3.22. The number of halogens is 1. The van der Waals surface area contributed by atoms with Crippen molar-refractivity contribution in [3.63, 3.8) is 0 Å². The fourth-order valence-corrected chi connectivity index (χ4v) is 7.21. The molecule has 7 nitrogen and oxygen atoms in total. The van der Waals surface area contributed by atoms with Gasteiger partial charge in [0.2, 0.25) is 11.8 Å². The van der Waals surface area contributed by atoms with Crippen LogP contribution < -0.4 is 4.90 Å². The van der Waals surface area contributed by atoms with Gasteiger partial charge >= 0.3 is 0 Å². The number of amides is 2. The van der Waals surface area contributed by atoms with E-state index >= 15 is 0 Å². The molecule has 1 heterocycles. The normalized spacial score (nSPS) is 24.5. The van der Waals surface area contributed by atoms with Gasteiger partial charge < -0.3 is 0 Å². The highest BCUT2D eigenvalue weighted by molar-refractivity contribution is 9.10. The van der Waals surface area contributed by atoms with E-state index in [-0.39, 0.29) is 17.3 Å². The van der Waals surface area contributed by atoms with Crippen molar-refractivity contribution in [1.82, 2.24) is 0 Å².